The summed E-state index contributed by atoms with van der Waals surface area (Å²) in [6.07, 6.45) is -1.80. The van der Waals surface area contributed by atoms with Gasteiger partial charge in [0, 0.05) is 45.0 Å². The molecule has 1 atom stereocenters. The minimum absolute atomic E-state index is 0.0257. The first-order valence-electron chi connectivity index (χ1n) is 7.89. The van der Waals surface area contributed by atoms with Crippen molar-refractivity contribution in [3.8, 4) is 11.7 Å². The van der Waals surface area contributed by atoms with Gasteiger partial charge in [-0.15, -0.1) is 18.3 Å². The molecule has 0 bridgehead atoms. The molecule has 0 aliphatic carbocycles. The van der Waals surface area contributed by atoms with E-state index in [0.29, 0.717) is 9.66 Å². The van der Waals surface area contributed by atoms with Crippen molar-refractivity contribution in [3.05, 3.63) is 56.4 Å². The minimum atomic E-state index is -4.87. The second-order valence-corrected chi connectivity index (χ2v) is 7.50. The van der Waals surface area contributed by atoms with Gasteiger partial charge < -0.3 is 10.1 Å². The lowest BCUT2D eigenvalue weighted by atomic mass is 10.2. The predicted octanol–water partition coefficient (Wildman–Crippen LogP) is 3.81. The zero-order valence-corrected chi connectivity index (χ0v) is 18.2. The quantitative estimate of drug-likeness (QED) is 0.460. The van der Waals surface area contributed by atoms with E-state index in [2.05, 4.69) is 46.0 Å². The number of alkyl halides is 3. The third-order valence-electron chi connectivity index (χ3n) is 3.45. The van der Waals surface area contributed by atoms with Crippen molar-refractivity contribution in [2.75, 3.05) is 0 Å². The molecule has 1 unspecified atom stereocenters. The summed E-state index contributed by atoms with van der Waals surface area (Å²) in [6.45, 7) is 1.66. The Morgan fingerprint density at radius 2 is 1.97 bits per heavy atom. The van der Waals surface area contributed by atoms with Gasteiger partial charge in [-0.25, -0.2) is 15.0 Å². The number of rotatable bonds is 5. The number of carbonyl (C=O) groups excluding carboxylic acids is 1. The molecule has 0 radical (unpaired) electrons. The molecule has 1 amide bonds. The summed E-state index contributed by atoms with van der Waals surface area (Å²) in [6, 6.07) is 4.48. The molecule has 29 heavy (non-hydrogen) atoms. The Hall–Kier alpha value is -2.29. The van der Waals surface area contributed by atoms with E-state index in [-0.39, 0.29) is 16.0 Å². The summed E-state index contributed by atoms with van der Waals surface area (Å²) in [5, 5.41) is 6.89. The molecular formula is C16H11BrF3IN6O2. The van der Waals surface area contributed by atoms with Crippen LogP contribution in [0.1, 0.15) is 29.1 Å². The molecule has 1 aromatic carbocycles. The number of benzene rings is 1. The van der Waals surface area contributed by atoms with Crippen LogP contribution in [0.2, 0.25) is 0 Å². The Labute approximate surface area is 184 Å². The number of amides is 1. The van der Waals surface area contributed by atoms with E-state index in [1.165, 1.54) is 23.1 Å². The first-order chi connectivity index (χ1) is 13.6. The lowest BCUT2D eigenvalue weighted by Gasteiger charge is -2.15. The highest BCUT2D eigenvalue weighted by molar-refractivity contribution is 14.1. The monoisotopic (exact) mass is 582 g/mol. The molecule has 3 aromatic rings. The summed E-state index contributed by atoms with van der Waals surface area (Å²) < 4.78 is 43.4. The fourth-order valence-corrected chi connectivity index (χ4v) is 3.29. The van der Waals surface area contributed by atoms with Crippen LogP contribution < -0.4 is 10.1 Å². The highest BCUT2D eigenvalue weighted by Crippen LogP contribution is 2.27. The van der Waals surface area contributed by atoms with Crippen LogP contribution in [0.4, 0.5) is 13.2 Å². The van der Waals surface area contributed by atoms with Crippen LogP contribution in [0.5, 0.6) is 5.75 Å². The lowest BCUT2D eigenvalue weighted by molar-refractivity contribution is -0.274. The number of hydrogen-bond acceptors (Lipinski definition) is 6. The molecule has 0 saturated carbocycles. The first-order valence-corrected chi connectivity index (χ1v) is 9.76. The molecular weight excluding hydrogens is 572 g/mol. The summed E-state index contributed by atoms with van der Waals surface area (Å²) in [5.41, 5.74) is -0.0257. The van der Waals surface area contributed by atoms with E-state index in [9.17, 15) is 18.0 Å². The third kappa shape index (κ3) is 5.62. The Balaban J connectivity index is 1.84. The predicted molar refractivity (Wildman–Crippen MR) is 106 cm³/mol. The number of hydrogen-bond donors (Lipinski definition) is 1. The smallest absolute Gasteiger partial charge is 0.406 e. The Morgan fingerprint density at radius 1 is 1.28 bits per heavy atom. The molecule has 8 nitrogen and oxygen atoms in total. The van der Waals surface area contributed by atoms with Gasteiger partial charge in [-0.05, 0) is 31.2 Å². The van der Waals surface area contributed by atoms with Gasteiger partial charge in [0.1, 0.15) is 5.75 Å². The van der Waals surface area contributed by atoms with Crippen molar-refractivity contribution in [3.63, 3.8) is 0 Å². The number of nitrogens with zero attached hydrogens (tertiary/aromatic N) is 5. The van der Waals surface area contributed by atoms with Crippen LogP contribution in [-0.2, 0) is 0 Å². The van der Waals surface area contributed by atoms with Crippen molar-refractivity contribution in [1.82, 2.24) is 30.0 Å². The minimum Gasteiger partial charge on any atom is -0.406 e. The van der Waals surface area contributed by atoms with Crippen molar-refractivity contribution in [1.29, 1.82) is 0 Å². The topological polar surface area (TPSA) is 94.8 Å². The van der Waals surface area contributed by atoms with Gasteiger partial charge in [0.25, 0.3) is 11.9 Å². The molecule has 1 N–H and O–H groups in total. The van der Waals surface area contributed by atoms with Gasteiger partial charge in [-0.1, -0.05) is 15.9 Å². The third-order valence-corrected chi connectivity index (χ3v) is 4.36. The number of nitrogens with one attached hydrogen (secondary N) is 1. The molecule has 0 fully saturated rings. The van der Waals surface area contributed by atoms with E-state index in [4.69, 9.17) is 0 Å². The van der Waals surface area contributed by atoms with Crippen LogP contribution in [0, 0.1) is 3.83 Å². The molecule has 3 rings (SSSR count). The van der Waals surface area contributed by atoms with Gasteiger partial charge in [0.2, 0.25) is 3.83 Å². The van der Waals surface area contributed by atoms with Gasteiger partial charge in [-0.3, -0.25) is 4.79 Å². The molecule has 152 valence electrons. The zero-order valence-electron chi connectivity index (χ0n) is 14.5. The fourth-order valence-electron chi connectivity index (χ4n) is 2.36. The first kappa shape index (κ1) is 21.4. The van der Waals surface area contributed by atoms with Crippen LogP contribution in [0.15, 0.2) is 41.1 Å². The van der Waals surface area contributed by atoms with Crippen molar-refractivity contribution < 1.29 is 22.7 Å². The summed E-state index contributed by atoms with van der Waals surface area (Å²) in [5.74, 6) is -0.512. The van der Waals surface area contributed by atoms with Gasteiger partial charge >= 0.3 is 6.36 Å². The molecule has 0 aliphatic rings. The van der Waals surface area contributed by atoms with E-state index in [1.807, 2.05) is 22.6 Å². The maximum absolute atomic E-state index is 12.6. The summed E-state index contributed by atoms with van der Waals surface area (Å²) >= 11 is 4.99. The lowest BCUT2D eigenvalue weighted by Crippen LogP contribution is -2.29. The molecule has 13 heteroatoms. The molecule has 2 aromatic heterocycles. The number of halogens is 5. The Kier molecular flexibility index (Phi) is 6.36. The van der Waals surface area contributed by atoms with E-state index < -0.39 is 24.1 Å². The Morgan fingerprint density at radius 3 is 2.62 bits per heavy atom. The van der Waals surface area contributed by atoms with Crippen LogP contribution >= 0.6 is 38.5 Å². The van der Waals surface area contributed by atoms with Gasteiger partial charge in [-0.2, -0.15) is 4.68 Å². The van der Waals surface area contributed by atoms with Crippen molar-refractivity contribution in [2.24, 2.45) is 0 Å². The Bertz CT molecular complexity index is 1030. The van der Waals surface area contributed by atoms with Crippen LogP contribution in [0.3, 0.4) is 0 Å². The number of aromatic nitrogens is 5. The van der Waals surface area contributed by atoms with E-state index in [0.717, 1.165) is 12.1 Å². The second kappa shape index (κ2) is 8.61. The fraction of sp³-hybridized carbons (Fsp3) is 0.188. The largest absolute Gasteiger partial charge is 0.573 e. The normalized spacial score (nSPS) is 12.5. The highest BCUT2D eigenvalue weighted by atomic mass is 127. The zero-order chi connectivity index (χ0) is 21.2. The van der Waals surface area contributed by atoms with Crippen molar-refractivity contribution >= 4 is 44.4 Å². The maximum Gasteiger partial charge on any atom is 0.573 e. The molecule has 0 spiro atoms. The summed E-state index contributed by atoms with van der Waals surface area (Å²) in [7, 11) is 0. The van der Waals surface area contributed by atoms with Gasteiger partial charge in [0.15, 0.2) is 5.82 Å². The SMILES string of the molecule is CC(NC(=O)c1cc(Br)cc(OC(F)(F)F)c1)c1nc(I)nn1-c1ncccn1. The average molecular weight is 583 g/mol. The van der Waals surface area contributed by atoms with Crippen molar-refractivity contribution in [2.45, 2.75) is 19.3 Å². The van der Waals surface area contributed by atoms with E-state index in [1.54, 1.807) is 13.0 Å². The van der Waals surface area contributed by atoms with Crippen LogP contribution in [-0.4, -0.2) is 37.0 Å². The highest BCUT2D eigenvalue weighted by Gasteiger charge is 2.31. The second-order valence-electron chi connectivity index (χ2n) is 5.62. The number of ether oxygens (including phenoxy) is 1. The average Bonchev–Trinajstić information content (AvgIpc) is 3.02. The van der Waals surface area contributed by atoms with Gasteiger partial charge in [0.05, 0.1) is 6.04 Å². The molecule has 0 saturated heterocycles. The van der Waals surface area contributed by atoms with E-state index >= 15 is 0 Å². The maximum atomic E-state index is 12.6. The standard InChI is InChI=1S/C16H11BrF3IN6O2/c1-8(12-25-14(21)26-27(12)15-22-3-2-4-23-15)24-13(28)9-5-10(17)7-11(6-9)29-16(18,19)20/h2-8H,1H3,(H,24,28). The van der Waals surface area contributed by atoms with Crippen LogP contribution in [0.25, 0.3) is 5.95 Å². The molecule has 0 aliphatic heterocycles. The molecule has 2 heterocycles. The number of carbonyl (C=O) groups is 1. The summed E-state index contributed by atoms with van der Waals surface area (Å²) in [4.78, 5) is 25.1.